The minimum Gasteiger partial charge on any atom is -0.367 e. The normalized spacial score (nSPS) is 15.2. The number of rotatable bonds is 8. The van der Waals surface area contributed by atoms with Gasteiger partial charge in [0, 0.05) is 39.6 Å². The van der Waals surface area contributed by atoms with Crippen molar-refractivity contribution < 1.29 is 14.0 Å². The Balaban J connectivity index is 1.42. The molecule has 0 saturated carbocycles. The second kappa shape index (κ2) is 12.0. The van der Waals surface area contributed by atoms with Crippen molar-refractivity contribution >= 4 is 23.3 Å². The van der Waals surface area contributed by atoms with Gasteiger partial charge >= 0.3 is 0 Å². The molecule has 4 rings (SSSR count). The summed E-state index contributed by atoms with van der Waals surface area (Å²) in [5.74, 6) is -0.0325. The second-order valence-corrected chi connectivity index (χ2v) is 9.59. The Labute approximate surface area is 217 Å². The summed E-state index contributed by atoms with van der Waals surface area (Å²) in [6.45, 7) is 9.09. The summed E-state index contributed by atoms with van der Waals surface area (Å²) in [4.78, 5) is 33.3. The molecular formula is C29H34FN5O2. The fraction of sp³-hybridized carbons (Fsp3) is 0.345. The molecule has 2 amide bonds. The molecule has 1 aromatic heterocycles. The van der Waals surface area contributed by atoms with Crippen molar-refractivity contribution in [1.82, 2.24) is 15.2 Å². The maximum Gasteiger partial charge on any atom is 0.247 e. The molecule has 2 atom stereocenters. The van der Waals surface area contributed by atoms with Crippen LogP contribution in [0.5, 0.6) is 0 Å². The number of carbonyl (C=O) groups is 2. The summed E-state index contributed by atoms with van der Waals surface area (Å²) in [6, 6.07) is 17.3. The Morgan fingerprint density at radius 1 is 1.00 bits per heavy atom. The number of aryl methyl sites for hydroxylation is 1. The van der Waals surface area contributed by atoms with Gasteiger partial charge < -0.3 is 20.4 Å². The molecule has 1 unspecified atom stereocenters. The van der Waals surface area contributed by atoms with E-state index in [4.69, 9.17) is 0 Å². The van der Waals surface area contributed by atoms with Crippen molar-refractivity contribution in [2.45, 2.75) is 32.7 Å². The number of nitrogens with zero attached hydrogens (tertiary/aromatic N) is 3. The molecule has 1 fully saturated rings. The van der Waals surface area contributed by atoms with Crippen LogP contribution in [-0.2, 0) is 9.59 Å². The number of benzene rings is 2. The van der Waals surface area contributed by atoms with Crippen LogP contribution in [0, 0.1) is 12.7 Å². The van der Waals surface area contributed by atoms with Crippen LogP contribution in [0.3, 0.4) is 0 Å². The summed E-state index contributed by atoms with van der Waals surface area (Å²) in [7, 11) is 0. The van der Waals surface area contributed by atoms with Crippen LogP contribution in [0.2, 0.25) is 0 Å². The molecule has 0 spiro atoms. The van der Waals surface area contributed by atoms with Crippen molar-refractivity contribution in [3.05, 3.63) is 89.4 Å². The largest absolute Gasteiger partial charge is 0.367 e. The molecule has 7 nitrogen and oxygen atoms in total. The van der Waals surface area contributed by atoms with Crippen LogP contribution in [0.25, 0.3) is 0 Å². The van der Waals surface area contributed by atoms with Gasteiger partial charge in [0.05, 0.1) is 11.9 Å². The highest BCUT2D eigenvalue weighted by molar-refractivity contribution is 5.94. The molecule has 0 aliphatic carbocycles. The lowest BCUT2D eigenvalue weighted by Crippen LogP contribution is -2.48. The molecular weight excluding hydrogens is 469 g/mol. The van der Waals surface area contributed by atoms with Crippen LogP contribution in [0.4, 0.5) is 15.9 Å². The zero-order valence-corrected chi connectivity index (χ0v) is 21.6. The summed E-state index contributed by atoms with van der Waals surface area (Å²) < 4.78 is 14.0. The quantitative estimate of drug-likeness (QED) is 0.480. The van der Waals surface area contributed by atoms with Gasteiger partial charge in [0.15, 0.2) is 0 Å². The number of halogens is 1. The Morgan fingerprint density at radius 3 is 2.35 bits per heavy atom. The molecule has 1 aliphatic rings. The average molecular weight is 504 g/mol. The minimum absolute atomic E-state index is 0.0885. The van der Waals surface area contributed by atoms with Gasteiger partial charge in [-0.05, 0) is 48.2 Å². The number of carbonyl (C=O) groups excluding carboxylic acids is 2. The maximum atomic E-state index is 14.0. The van der Waals surface area contributed by atoms with E-state index < -0.39 is 11.9 Å². The fourth-order valence-electron chi connectivity index (χ4n) is 4.48. The van der Waals surface area contributed by atoms with E-state index in [0.717, 1.165) is 24.3 Å². The predicted octanol–water partition coefficient (Wildman–Crippen LogP) is 4.27. The fourth-order valence-corrected chi connectivity index (χ4v) is 4.48. The summed E-state index contributed by atoms with van der Waals surface area (Å²) in [6.07, 6.45) is 1.73. The molecule has 1 saturated heterocycles. The van der Waals surface area contributed by atoms with Crippen LogP contribution >= 0.6 is 0 Å². The van der Waals surface area contributed by atoms with E-state index in [9.17, 15) is 14.0 Å². The van der Waals surface area contributed by atoms with Crippen LogP contribution < -0.4 is 15.5 Å². The van der Waals surface area contributed by atoms with Crippen molar-refractivity contribution in [2.75, 3.05) is 42.9 Å². The van der Waals surface area contributed by atoms with Gasteiger partial charge in [0.25, 0.3) is 0 Å². The first-order chi connectivity index (χ1) is 17.8. The molecule has 0 radical (unpaired) electrons. The molecule has 0 bridgehead atoms. The first kappa shape index (κ1) is 26.3. The topological polar surface area (TPSA) is 77.6 Å². The molecule has 1 aliphatic heterocycles. The smallest absolute Gasteiger partial charge is 0.247 e. The number of anilines is 2. The third kappa shape index (κ3) is 6.92. The molecule has 194 valence electrons. The maximum absolute atomic E-state index is 14.0. The summed E-state index contributed by atoms with van der Waals surface area (Å²) in [5, 5.41) is 6.20. The number of pyridine rings is 1. The zero-order valence-electron chi connectivity index (χ0n) is 21.6. The third-order valence-electron chi connectivity index (χ3n) is 6.81. The lowest BCUT2D eigenvalue weighted by molar-refractivity contribution is -0.129. The van der Waals surface area contributed by atoms with Gasteiger partial charge in [-0.2, -0.15) is 0 Å². The predicted molar refractivity (Wildman–Crippen MR) is 144 cm³/mol. The Morgan fingerprint density at radius 2 is 1.73 bits per heavy atom. The molecule has 2 aromatic carbocycles. The van der Waals surface area contributed by atoms with E-state index in [1.807, 2.05) is 17.9 Å². The summed E-state index contributed by atoms with van der Waals surface area (Å²) >= 11 is 0. The Kier molecular flexibility index (Phi) is 8.50. The van der Waals surface area contributed by atoms with Crippen molar-refractivity contribution in [3.8, 4) is 0 Å². The van der Waals surface area contributed by atoms with E-state index in [1.165, 1.54) is 17.7 Å². The van der Waals surface area contributed by atoms with E-state index >= 15 is 0 Å². The number of hydrogen-bond donors (Lipinski definition) is 2. The number of amides is 2. The van der Waals surface area contributed by atoms with Gasteiger partial charge in [-0.1, -0.05) is 48.9 Å². The highest BCUT2D eigenvalue weighted by Gasteiger charge is 2.23. The molecule has 2 heterocycles. The standard InChI is InChI=1S/C29H34FN5O2/c1-20-7-9-23(10-8-20)21(2)18-32-28(24-5-4-6-25(30)17-24)29(37)33-27-12-11-26(19-31-27)35-15-13-34(14-16-35)22(3)36/h4-12,17,19,21,28,32H,13-16,18H2,1-3H3,(H,31,33,37)/t21?,28-/m1/s1. The zero-order chi connectivity index (χ0) is 26.4. The molecule has 8 heteroatoms. The summed E-state index contributed by atoms with van der Waals surface area (Å²) in [5.41, 5.74) is 3.84. The average Bonchev–Trinajstić information content (AvgIpc) is 2.89. The van der Waals surface area contributed by atoms with E-state index in [-0.39, 0.29) is 17.7 Å². The van der Waals surface area contributed by atoms with Crippen molar-refractivity contribution in [2.24, 2.45) is 0 Å². The highest BCUT2D eigenvalue weighted by Crippen LogP contribution is 2.22. The third-order valence-corrected chi connectivity index (χ3v) is 6.81. The SMILES string of the molecule is CC(=O)N1CCN(c2ccc(NC(=O)[C@H](NCC(C)c3ccc(C)cc3)c3cccc(F)c3)nc2)CC1. The van der Waals surface area contributed by atoms with Crippen LogP contribution in [0.15, 0.2) is 66.9 Å². The van der Waals surface area contributed by atoms with Gasteiger partial charge in [-0.25, -0.2) is 9.37 Å². The number of piperazine rings is 1. The van der Waals surface area contributed by atoms with Crippen LogP contribution in [-0.4, -0.2) is 54.4 Å². The van der Waals surface area contributed by atoms with Gasteiger partial charge in [-0.3, -0.25) is 9.59 Å². The lowest BCUT2D eigenvalue weighted by atomic mass is 9.98. The molecule has 2 N–H and O–H groups in total. The number of hydrogen-bond acceptors (Lipinski definition) is 5. The monoisotopic (exact) mass is 503 g/mol. The first-order valence-corrected chi connectivity index (χ1v) is 12.6. The van der Waals surface area contributed by atoms with Gasteiger partial charge in [0.1, 0.15) is 17.7 Å². The van der Waals surface area contributed by atoms with E-state index in [0.29, 0.717) is 31.0 Å². The number of nitrogens with one attached hydrogen (secondary N) is 2. The molecule has 37 heavy (non-hydrogen) atoms. The van der Waals surface area contributed by atoms with Crippen molar-refractivity contribution in [3.63, 3.8) is 0 Å². The Bertz CT molecular complexity index is 1210. The van der Waals surface area contributed by atoms with Gasteiger partial charge in [-0.15, -0.1) is 0 Å². The minimum atomic E-state index is -0.746. The van der Waals surface area contributed by atoms with Gasteiger partial charge in [0.2, 0.25) is 11.8 Å². The second-order valence-electron chi connectivity index (χ2n) is 9.59. The van der Waals surface area contributed by atoms with Crippen LogP contribution in [0.1, 0.15) is 42.5 Å². The van der Waals surface area contributed by atoms with E-state index in [1.54, 1.807) is 31.3 Å². The number of aromatic nitrogens is 1. The van der Waals surface area contributed by atoms with Crippen molar-refractivity contribution in [1.29, 1.82) is 0 Å². The highest BCUT2D eigenvalue weighted by atomic mass is 19.1. The molecule has 3 aromatic rings. The lowest BCUT2D eigenvalue weighted by Gasteiger charge is -2.35. The van der Waals surface area contributed by atoms with E-state index in [2.05, 4.69) is 51.7 Å². The Hall–Kier alpha value is -3.78. The first-order valence-electron chi connectivity index (χ1n) is 12.6.